The zero-order chi connectivity index (χ0) is 22.7. The van der Waals surface area contributed by atoms with Gasteiger partial charge in [0.1, 0.15) is 0 Å². The second-order valence-electron chi connectivity index (χ2n) is 10.9. The van der Waals surface area contributed by atoms with E-state index < -0.39 is 0 Å². The van der Waals surface area contributed by atoms with Crippen LogP contribution < -0.4 is 10.6 Å². The summed E-state index contributed by atoms with van der Waals surface area (Å²) in [5.41, 5.74) is 13.6. The lowest BCUT2D eigenvalue weighted by atomic mass is 9.53. The number of rotatable bonds is 2. The van der Waals surface area contributed by atoms with E-state index in [1.54, 1.807) is 5.57 Å². The van der Waals surface area contributed by atoms with Crippen LogP contribution in [0.5, 0.6) is 0 Å². The van der Waals surface area contributed by atoms with E-state index >= 15 is 0 Å². The average Bonchev–Trinajstić information content (AvgIpc) is 3.04. The van der Waals surface area contributed by atoms with Crippen molar-refractivity contribution in [2.24, 2.45) is 23.0 Å². The van der Waals surface area contributed by atoms with Gasteiger partial charge in [0.25, 0.3) is 0 Å². The number of fused-ring (bicyclic) bond motifs is 4. The molecule has 2 N–H and O–H groups in total. The van der Waals surface area contributed by atoms with Crippen LogP contribution >= 0.6 is 0 Å². The minimum Gasteiger partial charge on any atom is -0.378 e. The number of anilines is 1. The zero-order valence-corrected chi connectivity index (χ0v) is 20.0. The summed E-state index contributed by atoms with van der Waals surface area (Å²) in [6.07, 6.45) is 9.10. The monoisotopic (exact) mass is 428 g/mol. The van der Waals surface area contributed by atoms with Crippen molar-refractivity contribution in [2.75, 3.05) is 19.0 Å². The van der Waals surface area contributed by atoms with E-state index in [1.165, 1.54) is 28.8 Å². The molecular weight excluding hydrogens is 392 g/mol. The highest BCUT2D eigenvalue weighted by Crippen LogP contribution is 2.63. The predicted molar refractivity (Wildman–Crippen MR) is 131 cm³/mol. The summed E-state index contributed by atoms with van der Waals surface area (Å²) in [6.45, 7) is 4.33. The summed E-state index contributed by atoms with van der Waals surface area (Å²) in [7, 11) is 4.13. The maximum absolute atomic E-state index is 12.7. The molecule has 0 aromatic heterocycles. The van der Waals surface area contributed by atoms with Crippen LogP contribution in [0.4, 0.5) is 5.69 Å². The number of hydrogen-bond donors (Lipinski definition) is 1. The number of allylic oxidation sites excluding steroid dienone is 4. The molecule has 2 saturated carbocycles. The van der Waals surface area contributed by atoms with E-state index in [4.69, 9.17) is 5.73 Å². The summed E-state index contributed by atoms with van der Waals surface area (Å²) in [6, 6.07) is 8.84. The van der Waals surface area contributed by atoms with E-state index in [-0.39, 0.29) is 22.7 Å². The molecule has 4 aliphatic carbocycles. The highest BCUT2D eigenvalue weighted by molar-refractivity contribution is 5.94. The van der Waals surface area contributed by atoms with Crippen LogP contribution in [-0.4, -0.2) is 25.4 Å². The molecular formula is C29H36N2O. The van der Waals surface area contributed by atoms with Gasteiger partial charge < -0.3 is 10.6 Å². The molecule has 1 aromatic rings. The summed E-state index contributed by atoms with van der Waals surface area (Å²) in [4.78, 5) is 14.8. The number of carbonyl (C=O) groups excluding carboxylic acids is 1. The predicted octanol–water partition coefficient (Wildman–Crippen LogP) is 5.37. The number of nitrogens with two attached hydrogens (primary N) is 1. The van der Waals surface area contributed by atoms with Gasteiger partial charge >= 0.3 is 0 Å². The Morgan fingerprint density at radius 2 is 1.84 bits per heavy atom. The van der Waals surface area contributed by atoms with Gasteiger partial charge in [-0.05, 0) is 92.2 Å². The molecule has 2 fully saturated rings. The molecule has 3 heteroatoms. The molecule has 1 aromatic carbocycles. The van der Waals surface area contributed by atoms with Crippen molar-refractivity contribution in [1.29, 1.82) is 0 Å². The van der Waals surface area contributed by atoms with Gasteiger partial charge in [0, 0.05) is 37.5 Å². The number of ketones is 1. The third-order valence-electron chi connectivity index (χ3n) is 9.20. The summed E-state index contributed by atoms with van der Waals surface area (Å²) >= 11 is 0. The van der Waals surface area contributed by atoms with Crippen molar-refractivity contribution in [3.8, 4) is 11.8 Å². The van der Waals surface area contributed by atoms with Gasteiger partial charge in [-0.3, -0.25) is 4.79 Å². The second kappa shape index (κ2) is 7.63. The smallest absolute Gasteiger partial charge is 0.156 e. The molecule has 0 heterocycles. The van der Waals surface area contributed by atoms with Crippen LogP contribution in [0.1, 0.15) is 70.3 Å². The molecule has 168 valence electrons. The minimum atomic E-state index is -0.358. The molecule has 0 radical (unpaired) electrons. The first kappa shape index (κ1) is 21.5. The molecule has 0 saturated heterocycles. The van der Waals surface area contributed by atoms with E-state index in [1.807, 2.05) is 13.0 Å². The lowest BCUT2D eigenvalue weighted by Gasteiger charge is -2.51. The zero-order valence-electron chi connectivity index (χ0n) is 20.0. The Kier molecular flexibility index (Phi) is 5.13. The Morgan fingerprint density at radius 1 is 1.09 bits per heavy atom. The number of nitrogens with zero attached hydrogens (tertiary/aromatic N) is 1. The number of carbonyl (C=O) groups is 1. The minimum absolute atomic E-state index is 0.0826. The third kappa shape index (κ3) is 3.11. The van der Waals surface area contributed by atoms with E-state index in [2.05, 4.69) is 62.0 Å². The van der Waals surface area contributed by atoms with Crippen LogP contribution in [0, 0.1) is 29.1 Å². The lowest BCUT2D eigenvalue weighted by molar-refractivity contribution is -0.115. The van der Waals surface area contributed by atoms with Gasteiger partial charge in [0.15, 0.2) is 5.78 Å². The Morgan fingerprint density at radius 3 is 2.53 bits per heavy atom. The molecule has 0 spiro atoms. The topological polar surface area (TPSA) is 46.3 Å². The van der Waals surface area contributed by atoms with Gasteiger partial charge in [0.2, 0.25) is 0 Å². The number of benzene rings is 1. The number of hydrogen-bond acceptors (Lipinski definition) is 3. The second-order valence-corrected chi connectivity index (χ2v) is 10.9. The maximum atomic E-state index is 12.7. The van der Waals surface area contributed by atoms with Crippen molar-refractivity contribution >= 4 is 11.5 Å². The fraction of sp³-hybridized carbons (Fsp3) is 0.552. The van der Waals surface area contributed by atoms with E-state index in [0.717, 1.165) is 32.1 Å². The Labute approximate surface area is 193 Å². The SMILES string of the molecule is CC#C[C@]1(N)CC[C@H]2[C@@H]3CCC4=CC(=O)CC(c5ccc(N(C)C)cc5)C4=C3CC[C@@]21C. The van der Waals surface area contributed by atoms with E-state index in [9.17, 15) is 4.79 Å². The van der Waals surface area contributed by atoms with Crippen molar-refractivity contribution in [3.05, 3.63) is 52.6 Å². The Hall–Kier alpha value is -2.31. The van der Waals surface area contributed by atoms with Crippen LogP contribution in [0.3, 0.4) is 0 Å². The lowest BCUT2D eigenvalue weighted by Crippen LogP contribution is -2.54. The molecule has 0 amide bonds. The van der Waals surface area contributed by atoms with Gasteiger partial charge in [-0.25, -0.2) is 0 Å². The first-order valence-corrected chi connectivity index (χ1v) is 12.2. The molecule has 1 unspecified atom stereocenters. The van der Waals surface area contributed by atoms with Gasteiger partial charge in [-0.1, -0.05) is 30.6 Å². The highest BCUT2D eigenvalue weighted by Gasteiger charge is 2.59. The Balaban J connectivity index is 1.57. The third-order valence-corrected chi connectivity index (χ3v) is 9.20. The molecule has 5 rings (SSSR count). The van der Waals surface area contributed by atoms with Crippen LogP contribution in [-0.2, 0) is 4.79 Å². The molecule has 5 atom stereocenters. The molecule has 0 bridgehead atoms. The largest absolute Gasteiger partial charge is 0.378 e. The molecule has 0 aliphatic heterocycles. The van der Waals surface area contributed by atoms with E-state index in [0.29, 0.717) is 18.3 Å². The van der Waals surface area contributed by atoms with Gasteiger partial charge in [0.05, 0.1) is 5.54 Å². The summed E-state index contributed by atoms with van der Waals surface area (Å²) < 4.78 is 0. The van der Waals surface area contributed by atoms with Crippen LogP contribution in [0.25, 0.3) is 0 Å². The van der Waals surface area contributed by atoms with Gasteiger partial charge in [-0.2, -0.15) is 0 Å². The highest BCUT2D eigenvalue weighted by atomic mass is 16.1. The van der Waals surface area contributed by atoms with Gasteiger partial charge in [-0.15, -0.1) is 5.92 Å². The molecule has 3 nitrogen and oxygen atoms in total. The van der Waals surface area contributed by atoms with Crippen molar-refractivity contribution < 1.29 is 4.79 Å². The normalized spacial score (nSPS) is 35.8. The average molecular weight is 429 g/mol. The van der Waals surface area contributed by atoms with Crippen LogP contribution in [0.2, 0.25) is 0 Å². The molecule has 32 heavy (non-hydrogen) atoms. The van der Waals surface area contributed by atoms with Crippen molar-refractivity contribution in [1.82, 2.24) is 0 Å². The molecule has 4 aliphatic rings. The first-order valence-electron chi connectivity index (χ1n) is 12.2. The standard InChI is InChI=1S/C29H36N2O/c1-5-14-29(30)16-13-26-23-11-8-20-17-22(32)18-25(19-6-9-21(10-7-19)31(3)4)27(20)24(23)12-15-28(26,29)2/h6-7,9-10,17,23,25-26H,8,11-13,15-16,18,30H2,1-4H3/t23-,25?,26+,28+,29+/m1/s1. The Bertz CT molecular complexity index is 1070. The maximum Gasteiger partial charge on any atom is 0.156 e. The first-order chi connectivity index (χ1) is 15.3. The fourth-order valence-corrected chi connectivity index (χ4v) is 7.43. The summed E-state index contributed by atoms with van der Waals surface area (Å²) in [5, 5.41) is 0. The van der Waals surface area contributed by atoms with Crippen LogP contribution in [0.15, 0.2) is 47.1 Å². The van der Waals surface area contributed by atoms with Crippen molar-refractivity contribution in [2.45, 2.75) is 70.3 Å². The quantitative estimate of drug-likeness (QED) is 0.644. The fourth-order valence-electron chi connectivity index (χ4n) is 7.43. The van der Waals surface area contributed by atoms with Crippen molar-refractivity contribution in [3.63, 3.8) is 0 Å². The summed E-state index contributed by atoms with van der Waals surface area (Å²) in [5.74, 6) is 8.21.